The van der Waals surface area contributed by atoms with Gasteiger partial charge in [-0.1, -0.05) is 13.8 Å². The highest BCUT2D eigenvalue weighted by Crippen LogP contribution is 2.04. The number of nitrogens with one attached hydrogen (secondary N) is 1. The number of ether oxygens (including phenoxy) is 2. The molecule has 0 spiro atoms. The minimum atomic E-state index is 0.333. The van der Waals surface area contributed by atoms with Gasteiger partial charge in [0, 0.05) is 32.8 Å². The van der Waals surface area contributed by atoms with Gasteiger partial charge in [0.25, 0.3) is 0 Å². The van der Waals surface area contributed by atoms with Gasteiger partial charge in [-0.25, -0.2) is 0 Å². The van der Waals surface area contributed by atoms with Crippen LogP contribution in [-0.4, -0.2) is 63.5 Å². The van der Waals surface area contributed by atoms with Crippen molar-refractivity contribution in [2.45, 2.75) is 32.4 Å². The number of nitrogens with zero attached hydrogens (tertiary/aromatic N) is 1. The van der Waals surface area contributed by atoms with Gasteiger partial charge in [-0.2, -0.15) is 0 Å². The van der Waals surface area contributed by atoms with E-state index in [1.54, 1.807) is 7.11 Å². The lowest BCUT2D eigenvalue weighted by Crippen LogP contribution is -2.48. The summed E-state index contributed by atoms with van der Waals surface area (Å²) in [6.45, 7) is 10.2. The average molecular weight is 230 g/mol. The molecule has 0 amide bonds. The average Bonchev–Trinajstić information content (AvgIpc) is 2.34. The molecule has 1 fully saturated rings. The van der Waals surface area contributed by atoms with Crippen molar-refractivity contribution in [1.82, 2.24) is 10.2 Å². The maximum atomic E-state index is 5.74. The van der Waals surface area contributed by atoms with E-state index in [0.29, 0.717) is 12.1 Å². The zero-order valence-corrected chi connectivity index (χ0v) is 10.9. The predicted molar refractivity (Wildman–Crippen MR) is 65.8 cm³/mol. The lowest BCUT2D eigenvalue weighted by Gasteiger charge is -2.33. The molecule has 4 nitrogen and oxygen atoms in total. The third-order valence-corrected chi connectivity index (χ3v) is 3.16. The van der Waals surface area contributed by atoms with Crippen LogP contribution in [0, 0.1) is 0 Å². The molecule has 0 saturated carbocycles. The van der Waals surface area contributed by atoms with Crippen molar-refractivity contribution in [3.63, 3.8) is 0 Å². The van der Waals surface area contributed by atoms with Crippen LogP contribution in [0.1, 0.15) is 20.3 Å². The highest BCUT2D eigenvalue weighted by molar-refractivity contribution is 4.75. The van der Waals surface area contributed by atoms with Gasteiger partial charge in [0.15, 0.2) is 0 Å². The molecular formula is C12H26N2O2. The molecule has 0 bridgehead atoms. The molecule has 4 heteroatoms. The second-order valence-electron chi connectivity index (χ2n) is 4.35. The van der Waals surface area contributed by atoms with Crippen molar-refractivity contribution in [2.75, 3.05) is 46.5 Å². The van der Waals surface area contributed by atoms with Crippen molar-refractivity contribution < 1.29 is 9.47 Å². The lowest BCUT2D eigenvalue weighted by atomic mass is 10.2. The second kappa shape index (κ2) is 8.01. The Morgan fingerprint density at radius 2 is 2.31 bits per heavy atom. The molecule has 0 aromatic carbocycles. The SMILES string of the molecule is CCC(COC)NCC1CN(CC)CCO1. The van der Waals surface area contributed by atoms with Crippen molar-refractivity contribution >= 4 is 0 Å². The highest BCUT2D eigenvalue weighted by Gasteiger charge is 2.19. The number of rotatable bonds is 7. The third kappa shape index (κ3) is 4.78. The lowest BCUT2D eigenvalue weighted by molar-refractivity contribution is -0.0274. The first-order valence-corrected chi connectivity index (χ1v) is 6.36. The zero-order chi connectivity index (χ0) is 11.8. The molecule has 1 rings (SSSR count). The first-order chi connectivity index (χ1) is 7.80. The third-order valence-electron chi connectivity index (χ3n) is 3.16. The number of hydrogen-bond donors (Lipinski definition) is 1. The fraction of sp³-hybridized carbons (Fsp3) is 1.00. The van der Waals surface area contributed by atoms with Crippen LogP contribution in [0.15, 0.2) is 0 Å². The van der Waals surface area contributed by atoms with Gasteiger partial charge in [0.05, 0.1) is 19.3 Å². The van der Waals surface area contributed by atoms with Gasteiger partial charge in [-0.15, -0.1) is 0 Å². The quantitative estimate of drug-likeness (QED) is 0.699. The van der Waals surface area contributed by atoms with Crippen LogP contribution >= 0.6 is 0 Å². The summed E-state index contributed by atoms with van der Waals surface area (Å²) >= 11 is 0. The van der Waals surface area contributed by atoms with Gasteiger partial charge >= 0.3 is 0 Å². The molecule has 1 aliphatic heterocycles. The van der Waals surface area contributed by atoms with Gasteiger partial charge in [0.1, 0.15) is 0 Å². The van der Waals surface area contributed by atoms with Crippen LogP contribution in [0.5, 0.6) is 0 Å². The molecule has 1 aliphatic rings. The molecule has 16 heavy (non-hydrogen) atoms. The molecule has 0 aromatic heterocycles. The Balaban J connectivity index is 2.20. The van der Waals surface area contributed by atoms with E-state index in [1.807, 2.05) is 0 Å². The number of methoxy groups -OCH3 is 1. The maximum absolute atomic E-state index is 5.74. The molecule has 1 heterocycles. The molecular weight excluding hydrogens is 204 g/mol. The summed E-state index contributed by atoms with van der Waals surface area (Å²) in [6, 6.07) is 0.450. The molecule has 2 unspecified atom stereocenters. The fourth-order valence-corrected chi connectivity index (χ4v) is 2.01. The Morgan fingerprint density at radius 3 is 2.94 bits per heavy atom. The Morgan fingerprint density at radius 1 is 1.50 bits per heavy atom. The van der Waals surface area contributed by atoms with Crippen molar-refractivity contribution in [3.8, 4) is 0 Å². The molecule has 0 aromatic rings. The van der Waals surface area contributed by atoms with Gasteiger partial charge < -0.3 is 14.8 Å². The Labute approximate surface area is 99.3 Å². The normalized spacial score (nSPS) is 24.6. The fourth-order valence-electron chi connectivity index (χ4n) is 2.01. The van der Waals surface area contributed by atoms with Crippen LogP contribution in [0.3, 0.4) is 0 Å². The first kappa shape index (κ1) is 13.9. The predicted octanol–water partition coefficient (Wildman–Crippen LogP) is 0.722. The van der Waals surface area contributed by atoms with Crippen LogP contribution < -0.4 is 5.32 Å². The minimum absolute atomic E-state index is 0.333. The number of hydrogen-bond acceptors (Lipinski definition) is 4. The van der Waals surface area contributed by atoms with E-state index in [0.717, 1.165) is 45.8 Å². The highest BCUT2D eigenvalue weighted by atomic mass is 16.5. The minimum Gasteiger partial charge on any atom is -0.383 e. The van der Waals surface area contributed by atoms with E-state index in [2.05, 4.69) is 24.1 Å². The molecule has 96 valence electrons. The maximum Gasteiger partial charge on any atom is 0.0826 e. The molecule has 2 atom stereocenters. The smallest absolute Gasteiger partial charge is 0.0826 e. The second-order valence-corrected chi connectivity index (χ2v) is 4.35. The van der Waals surface area contributed by atoms with Gasteiger partial charge in [-0.05, 0) is 13.0 Å². The summed E-state index contributed by atoms with van der Waals surface area (Å²) in [4.78, 5) is 2.44. The largest absolute Gasteiger partial charge is 0.383 e. The van der Waals surface area contributed by atoms with Crippen LogP contribution in [-0.2, 0) is 9.47 Å². The van der Waals surface area contributed by atoms with Crippen LogP contribution in [0.25, 0.3) is 0 Å². The number of likely N-dealkylation sites (N-methyl/N-ethyl adjacent to an activating group) is 1. The zero-order valence-electron chi connectivity index (χ0n) is 10.9. The summed E-state index contributed by atoms with van der Waals surface area (Å²) < 4.78 is 10.9. The Hall–Kier alpha value is -0.160. The van der Waals surface area contributed by atoms with E-state index < -0.39 is 0 Å². The summed E-state index contributed by atoms with van der Waals surface area (Å²) in [5.41, 5.74) is 0. The summed E-state index contributed by atoms with van der Waals surface area (Å²) in [6.07, 6.45) is 1.43. The van der Waals surface area contributed by atoms with Crippen LogP contribution in [0.4, 0.5) is 0 Å². The number of morpholine rings is 1. The standard InChI is InChI=1S/C12H26N2O2/c1-4-11(10-15-3)13-8-12-9-14(5-2)6-7-16-12/h11-13H,4-10H2,1-3H3. The molecule has 1 saturated heterocycles. The summed E-state index contributed by atoms with van der Waals surface area (Å²) in [5, 5.41) is 3.51. The van der Waals surface area contributed by atoms with Gasteiger partial charge in [-0.3, -0.25) is 4.90 Å². The molecule has 0 aliphatic carbocycles. The Kier molecular flexibility index (Phi) is 6.96. The Bertz CT molecular complexity index is 178. The first-order valence-electron chi connectivity index (χ1n) is 6.36. The molecule has 1 N–H and O–H groups in total. The van der Waals surface area contributed by atoms with E-state index in [9.17, 15) is 0 Å². The van der Waals surface area contributed by atoms with E-state index in [4.69, 9.17) is 9.47 Å². The molecule has 0 radical (unpaired) electrons. The van der Waals surface area contributed by atoms with Crippen molar-refractivity contribution in [1.29, 1.82) is 0 Å². The van der Waals surface area contributed by atoms with Crippen molar-refractivity contribution in [3.05, 3.63) is 0 Å². The summed E-state index contributed by atoms with van der Waals surface area (Å²) in [5.74, 6) is 0. The summed E-state index contributed by atoms with van der Waals surface area (Å²) in [7, 11) is 1.75. The monoisotopic (exact) mass is 230 g/mol. The van der Waals surface area contributed by atoms with Gasteiger partial charge in [0.2, 0.25) is 0 Å². The van der Waals surface area contributed by atoms with E-state index in [-0.39, 0.29) is 0 Å². The van der Waals surface area contributed by atoms with E-state index >= 15 is 0 Å². The van der Waals surface area contributed by atoms with Crippen LogP contribution in [0.2, 0.25) is 0 Å². The van der Waals surface area contributed by atoms with Crippen molar-refractivity contribution in [2.24, 2.45) is 0 Å². The van der Waals surface area contributed by atoms with E-state index in [1.165, 1.54) is 0 Å². The topological polar surface area (TPSA) is 33.7 Å².